The van der Waals surface area contributed by atoms with Crippen molar-refractivity contribution in [1.82, 2.24) is 5.16 Å². The molecule has 0 aliphatic carbocycles. The van der Waals surface area contributed by atoms with Crippen LogP contribution in [-0.4, -0.2) is 16.2 Å². The monoisotopic (exact) mass is 235 g/mol. The number of hydrogen-bond donors (Lipinski definition) is 1. The SMILES string of the molecule is Cc1noc(-c2ccc(F)cc2)c1CC(=O)O. The lowest BCUT2D eigenvalue weighted by molar-refractivity contribution is -0.136. The van der Waals surface area contributed by atoms with E-state index in [0.29, 0.717) is 22.6 Å². The zero-order valence-electron chi connectivity index (χ0n) is 9.11. The van der Waals surface area contributed by atoms with Gasteiger partial charge in [0.2, 0.25) is 0 Å². The number of rotatable bonds is 3. The maximum Gasteiger partial charge on any atom is 0.308 e. The Balaban J connectivity index is 2.45. The Hall–Kier alpha value is -2.17. The molecule has 5 heteroatoms. The van der Waals surface area contributed by atoms with E-state index in [-0.39, 0.29) is 12.2 Å². The van der Waals surface area contributed by atoms with Gasteiger partial charge in [-0.15, -0.1) is 0 Å². The summed E-state index contributed by atoms with van der Waals surface area (Å²) in [6, 6.07) is 5.64. The molecule has 0 unspecified atom stereocenters. The molecule has 0 bridgehead atoms. The molecule has 0 saturated carbocycles. The van der Waals surface area contributed by atoms with Crippen LogP contribution in [0.15, 0.2) is 28.8 Å². The summed E-state index contributed by atoms with van der Waals surface area (Å²) in [5.41, 5.74) is 1.67. The van der Waals surface area contributed by atoms with Crippen molar-refractivity contribution in [2.45, 2.75) is 13.3 Å². The summed E-state index contributed by atoms with van der Waals surface area (Å²) in [6.07, 6.45) is -0.165. The highest BCUT2D eigenvalue weighted by Gasteiger charge is 2.17. The van der Waals surface area contributed by atoms with E-state index in [1.165, 1.54) is 24.3 Å². The minimum Gasteiger partial charge on any atom is -0.481 e. The van der Waals surface area contributed by atoms with E-state index in [9.17, 15) is 9.18 Å². The number of carbonyl (C=O) groups is 1. The first kappa shape index (κ1) is 11.3. The van der Waals surface area contributed by atoms with E-state index in [1.807, 2.05) is 0 Å². The zero-order valence-corrected chi connectivity index (χ0v) is 9.11. The molecule has 2 aromatic rings. The Morgan fingerprint density at radius 1 is 1.41 bits per heavy atom. The number of halogens is 1. The van der Waals surface area contributed by atoms with Crippen LogP contribution >= 0.6 is 0 Å². The molecule has 1 heterocycles. The topological polar surface area (TPSA) is 63.3 Å². The second kappa shape index (κ2) is 4.37. The van der Waals surface area contributed by atoms with Crippen molar-refractivity contribution >= 4 is 5.97 Å². The maximum absolute atomic E-state index is 12.8. The van der Waals surface area contributed by atoms with Crippen LogP contribution in [0.3, 0.4) is 0 Å². The summed E-state index contributed by atoms with van der Waals surface area (Å²) < 4.78 is 17.9. The number of carboxylic acids is 1. The average molecular weight is 235 g/mol. The minimum atomic E-state index is -0.959. The molecule has 0 aliphatic rings. The fraction of sp³-hybridized carbons (Fsp3) is 0.167. The van der Waals surface area contributed by atoms with Gasteiger partial charge in [0, 0.05) is 11.1 Å². The van der Waals surface area contributed by atoms with Crippen LogP contribution in [0, 0.1) is 12.7 Å². The Morgan fingerprint density at radius 3 is 2.65 bits per heavy atom. The smallest absolute Gasteiger partial charge is 0.308 e. The molecule has 0 atom stereocenters. The van der Waals surface area contributed by atoms with Gasteiger partial charge >= 0.3 is 5.97 Å². The molecule has 1 aromatic carbocycles. The first-order valence-corrected chi connectivity index (χ1v) is 5.01. The van der Waals surface area contributed by atoms with Crippen LogP contribution in [0.1, 0.15) is 11.3 Å². The summed E-state index contributed by atoms with van der Waals surface area (Å²) in [6.45, 7) is 1.68. The third-order valence-electron chi connectivity index (χ3n) is 2.42. The van der Waals surface area contributed by atoms with Gasteiger partial charge in [0.05, 0.1) is 12.1 Å². The molecule has 0 spiro atoms. The molecule has 0 radical (unpaired) electrons. The minimum absolute atomic E-state index is 0.165. The Kier molecular flexibility index (Phi) is 2.91. The first-order chi connectivity index (χ1) is 8.08. The zero-order chi connectivity index (χ0) is 12.4. The van der Waals surface area contributed by atoms with Crippen LogP contribution in [0.2, 0.25) is 0 Å². The standard InChI is InChI=1S/C12H10FNO3/c1-7-10(6-11(15)16)12(17-14-7)8-2-4-9(13)5-3-8/h2-5H,6H2,1H3,(H,15,16). The summed E-state index contributed by atoms with van der Waals surface area (Å²) in [7, 11) is 0. The van der Waals surface area contributed by atoms with Gasteiger partial charge < -0.3 is 9.63 Å². The molecule has 0 amide bonds. The van der Waals surface area contributed by atoms with Gasteiger partial charge in [0.15, 0.2) is 5.76 Å². The lowest BCUT2D eigenvalue weighted by atomic mass is 10.0. The average Bonchev–Trinajstić information content (AvgIpc) is 2.61. The number of benzene rings is 1. The fourth-order valence-corrected chi connectivity index (χ4v) is 1.58. The van der Waals surface area contributed by atoms with E-state index in [2.05, 4.69) is 5.16 Å². The second-order valence-electron chi connectivity index (χ2n) is 3.65. The molecule has 0 saturated heterocycles. The number of aliphatic carboxylic acids is 1. The first-order valence-electron chi connectivity index (χ1n) is 5.01. The van der Waals surface area contributed by atoms with Gasteiger partial charge in [-0.3, -0.25) is 4.79 Å². The highest BCUT2D eigenvalue weighted by molar-refractivity contribution is 5.74. The number of aromatic nitrogens is 1. The van der Waals surface area contributed by atoms with E-state index in [4.69, 9.17) is 9.63 Å². The number of aryl methyl sites for hydroxylation is 1. The number of nitrogens with zero attached hydrogens (tertiary/aromatic N) is 1. The summed E-state index contributed by atoms with van der Waals surface area (Å²) in [5, 5.41) is 12.5. The highest BCUT2D eigenvalue weighted by atomic mass is 19.1. The van der Waals surface area contributed by atoms with Gasteiger partial charge in [-0.2, -0.15) is 0 Å². The maximum atomic E-state index is 12.8. The van der Waals surface area contributed by atoms with E-state index >= 15 is 0 Å². The second-order valence-corrected chi connectivity index (χ2v) is 3.65. The van der Waals surface area contributed by atoms with Crippen LogP contribution in [0.25, 0.3) is 11.3 Å². The van der Waals surface area contributed by atoms with Crippen LogP contribution < -0.4 is 0 Å². The van der Waals surface area contributed by atoms with Gasteiger partial charge in [0.1, 0.15) is 5.82 Å². The predicted octanol–water partition coefficient (Wildman–Crippen LogP) is 2.42. The van der Waals surface area contributed by atoms with Crippen LogP contribution in [0.4, 0.5) is 4.39 Å². The molecular weight excluding hydrogens is 225 g/mol. The largest absolute Gasteiger partial charge is 0.481 e. The normalized spacial score (nSPS) is 10.5. The molecule has 4 nitrogen and oxygen atoms in total. The Bertz CT molecular complexity index is 545. The molecular formula is C12H10FNO3. The number of carboxylic acid groups (broad SMARTS) is 1. The summed E-state index contributed by atoms with van der Waals surface area (Å²) >= 11 is 0. The van der Waals surface area contributed by atoms with Gasteiger partial charge in [-0.25, -0.2) is 4.39 Å². The Labute approximate surface area is 96.7 Å². The van der Waals surface area contributed by atoms with E-state index < -0.39 is 5.97 Å². The third-order valence-corrected chi connectivity index (χ3v) is 2.42. The lowest BCUT2D eigenvalue weighted by Gasteiger charge is -1.99. The molecule has 17 heavy (non-hydrogen) atoms. The van der Waals surface area contributed by atoms with Crippen molar-refractivity contribution in [3.63, 3.8) is 0 Å². The quantitative estimate of drug-likeness (QED) is 0.887. The van der Waals surface area contributed by atoms with Crippen molar-refractivity contribution in [3.05, 3.63) is 41.3 Å². The Morgan fingerprint density at radius 2 is 2.06 bits per heavy atom. The third kappa shape index (κ3) is 2.33. The molecule has 1 N–H and O–H groups in total. The van der Waals surface area contributed by atoms with Crippen LogP contribution in [0.5, 0.6) is 0 Å². The van der Waals surface area contributed by atoms with Crippen LogP contribution in [-0.2, 0) is 11.2 Å². The summed E-state index contributed by atoms with van der Waals surface area (Å²) in [4.78, 5) is 10.7. The van der Waals surface area contributed by atoms with Crippen molar-refractivity contribution in [1.29, 1.82) is 0 Å². The predicted molar refractivity (Wildman–Crippen MR) is 58.0 cm³/mol. The fourth-order valence-electron chi connectivity index (χ4n) is 1.58. The molecule has 0 aliphatic heterocycles. The lowest BCUT2D eigenvalue weighted by Crippen LogP contribution is -2.01. The van der Waals surface area contributed by atoms with Crippen molar-refractivity contribution in [3.8, 4) is 11.3 Å². The van der Waals surface area contributed by atoms with E-state index in [0.717, 1.165) is 0 Å². The molecule has 1 aromatic heterocycles. The highest BCUT2D eigenvalue weighted by Crippen LogP contribution is 2.26. The number of hydrogen-bond acceptors (Lipinski definition) is 3. The van der Waals surface area contributed by atoms with E-state index in [1.54, 1.807) is 6.92 Å². The van der Waals surface area contributed by atoms with Gasteiger partial charge in [0.25, 0.3) is 0 Å². The van der Waals surface area contributed by atoms with Crippen molar-refractivity contribution in [2.75, 3.05) is 0 Å². The van der Waals surface area contributed by atoms with Gasteiger partial charge in [-0.05, 0) is 31.2 Å². The van der Waals surface area contributed by atoms with Crippen molar-refractivity contribution in [2.24, 2.45) is 0 Å². The van der Waals surface area contributed by atoms with Gasteiger partial charge in [-0.1, -0.05) is 5.16 Å². The molecule has 0 fully saturated rings. The van der Waals surface area contributed by atoms with Crippen molar-refractivity contribution < 1.29 is 18.8 Å². The summed E-state index contributed by atoms with van der Waals surface area (Å²) in [5.74, 6) is -0.936. The molecule has 2 rings (SSSR count). The molecule has 88 valence electrons.